The molecule has 102 valence electrons. The Bertz CT molecular complexity index is 356. The van der Waals surface area contributed by atoms with Crippen molar-refractivity contribution >= 4 is 0 Å². The van der Waals surface area contributed by atoms with E-state index in [9.17, 15) is 0 Å². The maximum atomic E-state index is 5.51. The van der Waals surface area contributed by atoms with Gasteiger partial charge in [-0.05, 0) is 50.6 Å². The van der Waals surface area contributed by atoms with Crippen molar-refractivity contribution in [3.05, 3.63) is 23.8 Å². The normalized spacial score (nSPS) is 12.2. The molecule has 0 radical (unpaired) electrons. The van der Waals surface area contributed by atoms with E-state index in [4.69, 9.17) is 15.2 Å². The zero-order valence-electron chi connectivity index (χ0n) is 11.5. The van der Waals surface area contributed by atoms with Gasteiger partial charge >= 0.3 is 0 Å². The first-order valence-electron chi connectivity index (χ1n) is 6.35. The smallest absolute Gasteiger partial charge is 0.160 e. The van der Waals surface area contributed by atoms with E-state index >= 15 is 0 Å². The van der Waals surface area contributed by atoms with Crippen LogP contribution in [0, 0.1) is 0 Å². The molecule has 1 rings (SSSR count). The molecule has 4 nitrogen and oxygen atoms in total. The second-order valence-electron chi connectivity index (χ2n) is 4.37. The lowest BCUT2D eigenvalue weighted by Crippen LogP contribution is -2.30. The number of hydrogen-bond donors (Lipinski definition) is 2. The first kappa shape index (κ1) is 14.8. The van der Waals surface area contributed by atoms with Gasteiger partial charge < -0.3 is 20.5 Å². The number of ether oxygens (including phenoxy) is 2. The van der Waals surface area contributed by atoms with Gasteiger partial charge in [0, 0.05) is 6.04 Å². The molecule has 1 atom stereocenters. The van der Waals surface area contributed by atoms with Crippen molar-refractivity contribution in [2.24, 2.45) is 5.73 Å². The average molecular weight is 252 g/mol. The van der Waals surface area contributed by atoms with Crippen molar-refractivity contribution in [2.45, 2.75) is 25.8 Å². The topological polar surface area (TPSA) is 56.5 Å². The van der Waals surface area contributed by atoms with Gasteiger partial charge in [0.2, 0.25) is 0 Å². The highest BCUT2D eigenvalue weighted by molar-refractivity contribution is 5.42. The first-order valence-corrected chi connectivity index (χ1v) is 6.35. The van der Waals surface area contributed by atoms with E-state index in [1.54, 1.807) is 14.2 Å². The molecule has 0 saturated carbocycles. The lowest BCUT2D eigenvalue weighted by Gasteiger charge is -2.13. The zero-order chi connectivity index (χ0) is 13.4. The summed E-state index contributed by atoms with van der Waals surface area (Å²) in [7, 11) is 3.30. The van der Waals surface area contributed by atoms with Crippen LogP contribution in [0.1, 0.15) is 18.9 Å². The summed E-state index contributed by atoms with van der Waals surface area (Å²) in [4.78, 5) is 0. The van der Waals surface area contributed by atoms with Gasteiger partial charge in [-0.2, -0.15) is 0 Å². The summed E-state index contributed by atoms with van der Waals surface area (Å²) in [5, 5.41) is 3.45. The third-order valence-corrected chi connectivity index (χ3v) is 2.95. The van der Waals surface area contributed by atoms with Crippen LogP contribution in [0.15, 0.2) is 18.2 Å². The Kier molecular flexibility index (Phi) is 6.54. The van der Waals surface area contributed by atoms with Crippen LogP contribution in [0.5, 0.6) is 11.5 Å². The molecule has 1 unspecified atom stereocenters. The molecule has 0 saturated heterocycles. The number of nitrogens with one attached hydrogen (secondary N) is 1. The molecule has 1 aromatic carbocycles. The fourth-order valence-electron chi connectivity index (χ4n) is 1.85. The van der Waals surface area contributed by atoms with Crippen molar-refractivity contribution in [1.82, 2.24) is 5.32 Å². The van der Waals surface area contributed by atoms with E-state index in [1.807, 2.05) is 12.1 Å². The van der Waals surface area contributed by atoms with Crippen LogP contribution >= 0.6 is 0 Å². The van der Waals surface area contributed by atoms with Crippen molar-refractivity contribution in [3.8, 4) is 11.5 Å². The Morgan fingerprint density at radius 2 is 1.94 bits per heavy atom. The Balaban J connectivity index is 2.47. The number of nitrogens with two attached hydrogens (primary N) is 1. The van der Waals surface area contributed by atoms with Crippen LogP contribution < -0.4 is 20.5 Å². The van der Waals surface area contributed by atoms with Crippen molar-refractivity contribution < 1.29 is 9.47 Å². The minimum atomic E-state index is 0.468. The van der Waals surface area contributed by atoms with Gasteiger partial charge in [0.15, 0.2) is 11.5 Å². The quantitative estimate of drug-likeness (QED) is 0.737. The van der Waals surface area contributed by atoms with Crippen molar-refractivity contribution in [1.29, 1.82) is 0 Å². The highest BCUT2D eigenvalue weighted by Crippen LogP contribution is 2.27. The van der Waals surface area contributed by atoms with E-state index in [1.165, 1.54) is 5.56 Å². The summed E-state index contributed by atoms with van der Waals surface area (Å²) in [6.07, 6.45) is 1.97. The minimum absolute atomic E-state index is 0.468. The molecule has 0 fully saturated rings. The lowest BCUT2D eigenvalue weighted by atomic mass is 10.1. The van der Waals surface area contributed by atoms with E-state index < -0.39 is 0 Å². The van der Waals surface area contributed by atoms with Crippen LogP contribution in [0.4, 0.5) is 0 Å². The van der Waals surface area contributed by atoms with Gasteiger partial charge in [-0.15, -0.1) is 0 Å². The molecule has 3 N–H and O–H groups in total. The molecular weight excluding hydrogens is 228 g/mol. The number of methoxy groups -OCH3 is 2. The van der Waals surface area contributed by atoms with E-state index in [2.05, 4.69) is 18.3 Å². The first-order chi connectivity index (χ1) is 8.71. The predicted molar refractivity (Wildman–Crippen MR) is 74.4 cm³/mol. The zero-order valence-corrected chi connectivity index (χ0v) is 11.5. The third kappa shape index (κ3) is 4.55. The molecule has 0 amide bonds. The number of benzene rings is 1. The second-order valence-corrected chi connectivity index (χ2v) is 4.37. The van der Waals surface area contributed by atoms with E-state index in [0.29, 0.717) is 6.04 Å². The summed E-state index contributed by atoms with van der Waals surface area (Å²) < 4.78 is 10.5. The van der Waals surface area contributed by atoms with Crippen LogP contribution in [0.3, 0.4) is 0 Å². The molecule has 0 heterocycles. The number of hydrogen-bond acceptors (Lipinski definition) is 4. The van der Waals surface area contributed by atoms with Crippen molar-refractivity contribution in [2.75, 3.05) is 27.3 Å². The second kappa shape index (κ2) is 7.95. The van der Waals surface area contributed by atoms with E-state index in [0.717, 1.165) is 37.4 Å². The van der Waals surface area contributed by atoms with Gasteiger partial charge in [-0.3, -0.25) is 0 Å². The van der Waals surface area contributed by atoms with Gasteiger partial charge in [-0.25, -0.2) is 0 Å². The summed E-state index contributed by atoms with van der Waals surface area (Å²) in [6.45, 7) is 3.82. The van der Waals surface area contributed by atoms with Crippen LogP contribution in [-0.4, -0.2) is 33.4 Å². The van der Waals surface area contributed by atoms with Crippen LogP contribution in [0.25, 0.3) is 0 Å². The molecule has 0 aliphatic carbocycles. The molecule has 0 aliphatic heterocycles. The van der Waals surface area contributed by atoms with Gasteiger partial charge in [0.05, 0.1) is 14.2 Å². The Hall–Kier alpha value is -1.26. The number of rotatable bonds is 8. The third-order valence-electron chi connectivity index (χ3n) is 2.95. The summed E-state index contributed by atoms with van der Waals surface area (Å²) >= 11 is 0. The average Bonchev–Trinajstić information content (AvgIpc) is 2.38. The molecule has 0 aliphatic rings. The SMILES string of the molecule is COc1ccc(CCNC(C)CCN)cc1OC. The molecule has 0 aromatic heterocycles. The Morgan fingerprint density at radius 3 is 2.56 bits per heavy atom. The van der Waals surface area contributed by atoms with E-state index in [-0.39, 0.29) is 0 Å². The fraction of sp³-hybridized carbons (Fsp3) is 0.571. The molecule has 0 spiro atoms. The van der Waals surface area contributed by atoms with Gasteiger partial charge in [-0.1, -0.05) is 6.07 Å². The maximum Gasteiger partial charge on any atom is 0.160 e. The van der Waals surface area contributed by atoms with Crippen LogP contribution in [0.2, 0.25) is 0 Å². The minimum Gasteiger partial charge on any atom is -0.493 e. The fourth-order valence-corrected chi connectivity index (χ4v) is 1.85. The van der Waals surface area contributed by atoms with Crippen molar-refractivity contribution in [3.63, 3.8) is 0 Å². The van der Waals surface area contributed by atoms with Crippen LogP contribution in [-0.2, 0) is 6.42 Å². The summed E-state index contributed by atoms with van der Waals surface area (Å²) in [6, 6.07) is 6.50. The Labute approximate surface area is 109 Å². The largest absolute Gasteiger partial charge is 0.493 e. The highest BCUT2D eigenvalue weighted by atomic mass is 16.5. The molecule has 0 bridgehead atoms. The van der Waals surface area contributed by atoms with Gasteiger partial charge in [0.1, 0.15) is 0 Å². The molecule has 1 aromatic rings. The molecule has 4 heteroatoms. The summed E-state index contributed by atoms with van der Waals surface area (Å²) in [5.74, 6) is 1.55. The molecular formula is C14H24N2O2. The summed E-state index contributed by atoms with van der Waals surface area (Å²) in [5.41, 5.74) is 6.75. The maximum absolute atomic E-state index is 5.51. The van der Waals surface area contributed by atoms with Gasteiger partial charge in [0.25, 0.3) is 0 Å². The highest BCUT2D eigenvalue weighted by Gasteiger charge is 2.05. The monoisotopic (exact) mass is 252 g/mol. The predicted octanol–water partition coefficient (Wildman–Crippen LogP) is 1.57. The Morgan fingerprint density at radius 1 is 1.22 bits per heavy atom. The lowest BCUT2D eigenvalue weighted by molar-refractivity contribution is 0.354. The standard InChI is InChI=1S/C14H24N2O2/c1-11(6-8-15)16-9-7-12-4-5-13(17-2)14(10-12)18-3/h4-5,10-11,16H,6-9,15H2,1-3H3. The molecule has 18 heavy (non-hydrogen) atoms.